The average molecular weight is 198 g/mol. The number of methoxy groups -OCH3 is 1. The molecule has 3 atom stereocenters. The van der Waals surface area contributed by atoms with Crippen LogP contribution in [-0.2, 0) is 9.47 Å². The Bertz CT molecular complexity index is 125. The van der Waals surface area contributed by atoms with Crippen molar-refractivity contribution in [3.63, 3.8) is 0 Å². The molecule has 0 aromatic heterocycles. The van der Waals surface area contributed by atoms with Crippen LogP contribution in [0.4, 0.5) is 0 Å². The van der Waals surface area contributed by atoms with Crippen molar-refractivity contribution in [2.45, 2.75) is 31.3 Å². The molecule has 1 fully saturated rings. The summed E-state index contributed by atoms with van der Waals surface area (Å²) in [4.78, 5) is 0. The van der Waals surface area contributed by atoms with Crippen LogP contribution in [-0.4, -0.2) is 37.3 Å². The molecular formula is C7H16ClNO3. The molecule has 0 saturated carbocycles. The van der Waals surface area contributed by atoms with Gasteiger partial charge in [-0.25, -0.2) is 0 Å². The molecule has 0 aromatic carbocycles. The van der Waals surface area contributed by atoms with Crippen LogP contribution in [0.5, 0.6) is 0 Å². The second-order valence-electron chi connectivity index (χ2n) is 2.72. The van der Waals surface area contributed by atoms with Crippen LogP contribution in [0.25, 0.3) is 0 Å². The lowest BCUT2D eigenvalue weighted by atomic mass is 10.1. The molecule has 0 amide bonds. The summed E-state index contributed by atoms with van der Waals surface area (Å²) in [5.41, 5.74) is 5.37. The van der Waals surface area contributed by atoms with Gasteiger partial charge in [0, 0.05) is 20.1 Å². The largest absolute Gasteiger partial charge is 0.390 e. The zero-order valence-electron chi connectivity index (χ0n) is 7.10. The first-order chi connectivity index (χ1) is 5.27. The van der Waals surface area contributed by atoms with Gasteiger partial charge in [0.1, 0.15) is 0 Å². The maximum absolute atomic E-state index is 9.32. The summed E-state index contributed by atoms with van der Waals surface area (Å²) in [5, 5.41) is 9.32. The van der Waals surface area contributed by atoms with Gasteiger partial charge in [-0.15, -0.1) is 12.4 Å². The Morgan fingerprint density at radius 3 is 2.75 bits per heavy atom. The van der Waals surface area contributed by atoms with Crippen molar-refractivity contribution in [1.29, 1.82) is 0 Å². The van der Waals surface area contributed by atoms with Gasteiger partial charge in [0.05, 0.1) is 12.2 Å². The molecule has 1 aliphatic heterocycles. The summed E-state index contributed by atoms with van der Waals surface area (Å²) in [6.45, 7) is 0.348. The predicted octanol–water partition coefficient (Wildman–Crippen LogP) is -0.121. The number of rotatable bonds is 2. The molecule has 1 heterocycles. The van der Waals surface area contributed by atoms with E-state index in [1.54, 1.807) is 7.11 Å². The molecule has 0 spiro atoms. The van der Waals surface area contributed by atoms with Gasteiger partial charge < -0.3 is 20.3 Å². The molecule has 5 heteroatoms. The summed E-state index contributed by atoms with van der Waals surface area (Å²) in [6, 6.07) is 0. The third-order valence-corrected chi connectivity index (χ3v) is 1.95. The predicted molar refractivity (Wildman–Crippen MR) is 47.2 cm³/mol. The van der Waals surface area contributed by atoms with E-state index < -0.39 is 6.10 Å². The van der Waals surface area contributed by atoms with Gasteiger partial charge in [-0.05, 0) is 6.42 Å². The lowest BCUT2D eigenvalue weighted by Crippen LogP contribution is -2.43. The second-order valence-corrected chi connectivity index (χ2v) is 2.72. The average Bonchev–Trinajstić information content (AvgIpc) is 2.05. The van der Waals surface area contributed by atoms with Gasteiger partial charge in [-0.3, -0.25) is 0 Å². The van der Waals surface area contributed by atoms with Crippen LogP contribution in [0, 0.1) is 0 Å². The smallest absolute Gasteiger partial charge is 0.157 e. The Kier molecular flexibility index (Phi) is 5.78. The fourth-order valence-corrected chi connectivity index (χ4v) is 1.23. The topological polar surface area (TPSA) is 64.7 Å². The molecule has 1 saturated heterocycles. The molecule has 0 bridgehead atoms. The van der Waals surface area contributed by atoms with Crippen molar-refractivity contribution >= 4 is 12.4 Å². The standard InChI is InChI=1S/C7H15NO3.ClH/c1-10-7-3-2-5(9)6(4-8)11-7;/h5-7,9H,2-4,8H2,1H3;1H/t5-,6+,7+;/m0./s1. The van der Waals surface area contributed by atoms with Gasteiger partial charge in [-0.1, -0.05) is 0 Å². The molecule has 12 heavy (non-hydrogen) atoms. The third kappa shape index (κ3) is 2.88. The fourth-order valence-electron chi connectivity index (χ4n) is 1.23. The van der Waals surface area contributed by atoms with E-state index in [9.17, 15) is 5.11 Å². The first kappa shape index (κ1) is 12.1. The molecule has 0 aromatic rings. The number of aliphatic hydroxyl groups is 1. The third-order valence-electron chi connectivity index (χ3n) is 1.95. The van der Waals surface area contributed by atoms with E-state index in [1.165, 1.54) is 0 Å². The molecule has 4 nitrogen and oxygen atoms in total. The highest BCUT2D eigenvalue weighted by molar-refractivity contribution is 5.85. The fraction of sp³-hybridized carbons (Fsp3) is 1.00. The van der Waals surface area contributed by atoms with Gasteiger partial charge in [0.15, 0.2) is 6.29 Å². The summed E-state index contributed by atoms with van der Waals surface area (Å²) >= 11 is 0. The van der Waals surface area contributed by atoms with E-state index in [-0.39, 0.29) is 24.8 Å². The molecular weight excluding hydrogens is 182 g/mol. The molecule has 0 radical (unpaired) electrons. The minimum atomic E-state index is -0.425. The maximum atomic E-state index is 9.32. The molecule has 74 valence electrons. The summed E-state index contributed by atoms with van der Waals surface area (Å²) in [5.74, 6) is 0. The summed E-state index contributed by atoms with van der Waals surface area (Å²) in [7, 11) is 1.59. The number of hydrogen-bond donors (Lipinski definition) is 2. The zero-order chi connectivity index (χ0) is 8.27. The van der Waals surface area contributed by atoms with Gasteiger partial charge in [-0.2, -0.15) is 0 Å². The van der Waals surface area contributed by atoms with Gasteiger partial charge in [0.2, 0.25) is 0 Å². The number of halogens is 1. The molecule has 1 aliphatic rings. The van der Waals surface area contributed by atoms with Crippen molar-refractivity contribution < 1.29 is 14.6 Å². The summed E-state index contributed by atoms with van der Waals surface area (Å²) < 4.78 is 10.3. The highest BCUT2D eigenvalue weighted by Crippen LogP contribution is 2.18. The van der Waals surface area contributed by atoms with E-state index in [4.69, 9.17) is 15.2 Å². The molecule has 0 unspecified atom stereocenters. The van der Waals surface area contributed by atoms with Crippen molar-refractivity contribution in [2.75, 3.05) is 13.7 Å². The number of nitrogens with two attached hydrogens (primary N) is 1. The number of hydrogen-bond acceptors (Lipinski definition) is 4. The quantitative estimate of drug-likeness (QED) is 0.648. The van der Waals surface area contributed by atoms with Crippen LogP contribution < -0.4 is 5.73 Å². The number of ether oxygens (including phenoxy) is 2. The lowest BCUT2D eigenvalue weighted by molar-refractivity contribution is -0.208. The van der Waals surface area contributed by atoms with Crippen molar-refractivity contribution in [3.05, 3.63) is 0 Å². The minimum Gasteiger partial charge on any atom is -0.390 e. The van der Waals surface area contributed by atoms with E-state index in [1.807, 2.05) is 0 Å². The Balaban J connectivity index is 0.00000121. The normalized spacial score (nSPS) is 35.8. The highest BCUT2D eigenvalue weighted by atomic mass is 35.5. The Hall–Kier alpha value is 0.130. The first-order valence-corrected chi connectivity index (χ1v) is 3.84. The maximum Gasteiger partial charge on any atom is 0.157 e. The van der Waals surface area contributed by atoms with Crippen molar-refractivity contribution in [1.82, 2.24) is 0 Å². The van der Waals surface area contributed by atoms with Crippen molar-refractivity contribution in [3.8, 4) is 0 Å². The van der Waals surface area contributed by atoms with Crippen LogP contribution >= 0.6 is 12.4 Å². The molecule has 0 aliphatic carbocycles. The first-order valence-electron chi connectivity index (χ1n) is 3.84. The summed E-state index contributed by atoms with van der Waals surface area (Å²) in [6.07, 6.45) is 0.584. The van der Waals surface area contributed by atoms with Crippen molar-refractivity contribution in [2.24, 2.45) is 5.73 Å². The van der Waals surface area contributed by atoms with Crippen LogP contribution in [0.3, 0.4) is 0 Å². The lowest BCUT2D eigenvalue weighted by Gasteiger charge is -2.32. The zero-order valence-corrected chi connectivity index (χ0v) is 7.92. The van der Waals surface area contributed by atoms with E-state index in [0.717, 1.165) is 6.42 Å². The van der Waals surface area contributed by atoms with Crippen LogP contribution in [0.1, 0.15) is 12.8 Å². The van der Waals surface area contributed by atoms with Gasteiger partial charge in [0.25, 0.3) is 0 Å². The Morgan fingerprint density at radius 2 is 2.25 bits per heavy atom. The van der Waals surface area contributed by atoms with E-state index >= 15 is 0 Å². The van der Waals surface area contributed by atoms with Crippen LogP contribution in [0.2, 0.25) is 0 Å². The monoisotopic (exact) mass is 197 g/mol. The Morgan fingerprint density at radius 1 is 1.58 bits per heavy atom. The SMILES string of the molecule is CO[C@H]1CC[C@H](O)[C@@H](CN)O1.Cl. The Labute approximate surface area is 78.4 Å². The van der Waals surface area contributed by atoms with E-state index in [2.05, 4.69) is 0 Å². The molecule has 3 N–H and O–H groups in total. The second kappa shape index (κ2) is 5.72. The highest BCUT2D eigenvalue weighted by Gasteiger charge is 2.28. The number of aliphatic hydroxyl groups excluding tert-OH is 1. The van der Waals surface area contributed by atoms with Crippen LogP contribution in [0.15, 0.2) is 0 Å². The van der Waals surface area contributed by atoms with Gasteiger partial charge >= 0.3 is 0 Å². The van der Waals surface area contributed by atoms with E-state index in [0.29, 0.717) is 13.0 Å². The molecule has 1 rings (SSSR count). The minimum absolute atomic E-state index is 0.